The van der Waals surface area contributed by atoms with Crippen LogP contribution in [0.25, 0.3) is 5.57 Å². The number of benzene rings is 1. The molecule has 0 aliphatic heterocycles. The van der Waals surface area contributed by atoms with Crippen LogP contribution in [0.2, 0.25) is 0 Å². The van der Waals surface area contributed by atoms with Gasteiger partial charge in [0.05, 0.1) is 6.10 Å². The van der Waals surface area contributed by atoms with Crippen molar-refractivity contribution < 1.29 is 4.74 Å². The Hall–Kier alpha value is -0.490. The van der Waals surface area contributed by atoms with Gasteiger partial charge in [-0.3, -0.25) is 5.41 Å². The standard InChI is InChI=1S/C18H23BrN2OS.ClH/c1-22-14-4-7-18(8-5-14)11-12-2-3-13(19)10-15(12)16(18)6-9-23-17(20)21;/h2-3,6,10,14H,4-5,7-9,11H2,1H3,(H3,20,21);1H/t14-,18+;. The molecule has 2 aliphatic carbocycles. The number of amidine groups is 1. The van der Waals surface area contributed by atoms with Gasteiger partial charge in [0.25, 0.3) is 0 Å². The second-order valence-electron chi connectivity index (χ2n) is 6.49. The normalized spacial score (nSPS) is 27.1. The monoisotopic (exact) mass is 430 g/mol. The Morgan fingerprint density at radius 1 is 1.46 bits per heavy atom. The molecule has 3 rings (SSSR count). The largest absolute Gasteiger partial charge is 0.381 e. The average molecular weight is 432 g/mol. The van der Waals surface area contributed by atoms with E-state index >= 15 is 0 Å². The fraction of sp³-hybridized carbons (Fsp3) is 0.500. The molecule has 0 heterocycles. The minimum atomic E-state index is 0. The maximum absolute atomic E-state index is 7.42. The molecular formula is C18H24BrClN2OS. The number of allylic oxidation sites excluding steroid dienone is 1. The van der Waals surface area contributed by atoms with Crippen LogP contribution in [0.4, 0.5) is 0 Å². The average Bonchev–Trinajstić information content (AvgIpc) is 2.81. The van der Waals surface area contributed by atoms with E-state index in [2.05, 4.69) is 40.2 Å². The molecule has 0 radical (unpaired) electrons. The van der Waals surface area contributed by atoms with E-state index in [9.17, 15) is 0 Å². The molecule has 1 spiro atoms. The second kappa shape index (κ2) is 8.26. The highest BCUT2D eigenvalue weighted by molar-refractivity contribution is 9.10. The number of nitrogens with one attached hydrogen (secondary N) is 1. The molecule has 1 saturated carbocycles. The first-order valence-electron chi connectivity index (χ1n) is 8.03. The van der Waals surface area contributed by atoms with Crippen LogP contribution in [-0.2, 0) is 11.2 Å². The van der Waals surface area contributed by atoms with Gasteiger partial charge in [-0.15, -0.1) is 12.4 Å². The fourth-order valence-electron chi connectivity index (χ4n) is 4.07. The lowest BCUT2D eigenvalue weighted by Crippen LogP contribution is -2.30. The van der Waals surface area contributed by atoms with E-state index in [0.717, 1.165) is 29.5 Å². The lowest BCUT2D eigenvalue weighted by Gasteiger charge is -2.38. The van der Waals surface area contributed by atoms with E-state index in [1.54, 1.807) is 0 Å². The Morgan fingerprint density at radius 3 is 2.79 bits per heavy atom. The number of thioether (sulfide) groups is 1. The molecule has 0 unspecified atom stereocenters. The second-order valence-corrected chi connectivity index (χ2v) is 8.46. The van der Waals surface area contributed by atoms with Gasteiger partial charge in [0.1, 0.15) is 0 Å². The molecule has 0 amide bonds. The van der Waals surface area contributed by atoms with Gasteiger partial charge in [0, 0.05) is 17.3 Å². The molecule has 0 bridgehead atoms. The van der Waals surface area contributed by atoms with Crippen LogP contribution in [0.5, 0.6) is 0 Å². The minimum absolute atomic E-state index is 0. The molecule has 3 N–H and O–H groups in total. The Kier molecular flexibility index (Phi) is 6.82. The molecule has 24 heavy (non-hydrogen) atoms. The molecule has 1 aromatic rings. The molecule has 1 fully saturated rings. The SMILES string of the molecule is CO[C@H]1CC[C@@]2(CC1)Cc1ccc(Br)cc1C2=CCSC(=N)N.Cl. The van der Waals surface area contributed by atoms with Crippen LogP contribution >= 0.6 is 40.1 Å². The highest BCUT2D eigenvalue weighted by atomic mass is 79.9. The van der Waals surface area contributed by atoms with Crippen molar-refractivity contribution in [3.63, 3.8) is 0 Å². The predicted octanol–water partition coefficient (Wildman–Crippen LogP) is 5.01. The molecule has 3 nitrogen and oxygen atoms in total. The zero-order chi connectivity index (χ0) is 16.4. The Bertz CT molecular complexity index is 642. The number of ether oxygens (including phenoxy) is 1. The third kappa shape index (κ3) is 4.01. The van der Waals surface area contributed by atoms with Gasteiger partial charge in [-0.05, 0) is 66.4 Å². The van der Waals surface area contributed by atoms with E-state index in [1.807, 2.05) is 7.11 Å². The first-order chi connectivity index (χ1) is 11.0. The molecule has 132 valence electrons. The smallest absolute Gasteiger partial charge is 0.151 e. The van der Waals surface area contributed by atoms with E-state index in [4.69, 9.17) is 15.9 Å². The Morgan fingerprint density at radius 2 is 2.17 bits per heavy atom. The van der Waals surface area contributed by atoms with Crippen molar-refractivity contribution in [1.82, 2.24) is 0 Å². The Balaban J connectivity index is 0.00000208. The van der Waals surface area contributed by atoms with Crippen LogP contribution in [0, 0.1) is 10.8 Å². The third-order valence-electron chi connectivity index (χ3n) is 5.21. The summed E-state index contributed by atoms with van der Waals surface area (Å²) < 4.78 is 6.69. The van der Waals surface area contributed by atoms with E-state index in [0.29, 0.717) is 6.10 Å². The van der Waals surface area contributed by atoms with Gasteiger partial charge in [-0.1, -0.05) is 39.8 Å². The molecular weight excluding hydrogens is 408 g/mol. The summed E-state index contributed by atoms with van der Waals surface area (Å²) in [5.74, 6) is 0.770. The van der Waals surface area contributed by atoms with Crippen molar-refractivity contribution in [3.8, 4) is 0 Å². The maximum Gasteiger partial charge on any atom is 0.151 e. The van der Waals surface area contributed by atoms with Gasteiger partial charge < -0.3 is 10.5 Å². The highest BCUT2D eigenvalue weighted by Gasteiger charge is 2.43. The van der Waals surface area contributed by atoms with Crippen molar-refractivity contribution in [3.05, 3.63) is 39.9 Å². The summed E-state index contributed by atoms with van der Waals surface area (Å²) in [6.07, 6.45) is 8.44. The molecule has 6 heteroatoms. The van der Waals surface area contributed by atoms with Gasteiger partial charge in [-0.25, -0.2) is 0 Å². The van der Waals surface area contributed by atoms with Crippen molar-refractivity contribution in [2.24, 2.45) is 11.1 Å². The van der Waals surface area contributed by atoms with Gasteiger partial charge in [0.2, 0.25) is 0 Å². The number of methoxy groups -OCH3 is 1. The molecule has 0 atom stereocenters. The lowest BCUT2D eigenvalue weighted by atomic mass is 9.68. The van der Waals surface area contributed by atoms with Crippen LogP contribution in [0.3, 0.4) is 0 Å². The number of fused-ring (bicyclic) bond motifs is 1. The topological polar surface area (TPSA) is 59.1 Å². The fourth-order valence-corrected chi connectivity index (χ4v) is 4.86. The number of hydrogen-bond donors (Lipinski definition) is 2. The minimum Gasteiger partial charge on any atom is -0.381 e. The summed E-state index contributed by atoms with van der Waals surface area (Å²) in [6.45, 7) is 0. The van der Waals surface area contributed by atoms with E-state index in [1.165, 1.54) is 41.3 Å². The van der Waals surface area contributed by atoms with Crippen LogP contribution in [0.1, 0.15) is 36.8 Å². The maximum atomic E-state index is 7.42. The predicted molar refractivity (Wildman–Crippen MR) is 109 cm³/mol. The van der Waals surface area contributed by atoms with Crippen molar-refractivity contribution >= 4 is 50.8 Å². The number of rotatable bonds is 3. The number of hydrogen-bond acceptors (Lipinski definition) is 3. The number of halogens is 2. The van der Waals surface area contributed by atoms with Gasteiger partial charge in [0.15, 0.2) is 5.17 Å². The van der Waals surface area contributed by atoms with Gasteiger partial charge in [-0.2, -0.15) is 0 Å². The summed E-state index contributed by atoms with van der Waals surface area (Å²) in [7, 11) is 1.82. The van der Waals surface area contributed by atoms with E-state index in [-0.39, 0.29) is 23.0 Å². The van der Waals surface area contributed by atoms with Crippen LogP contribution in [0.15, 0.2) is 28.7 Å². The van der Waals surface area contributed by atoms with E-state index < -0.39 is 0 Å². The van der Waals surface area contributed by atoms with Crippen LogP contribution < -0.4 is 5.73 Å². The summed E-state index contributed by atoms with van der Waals surface area (Å²) in [6, 6.07) is 6.64. The third-order valence-corrected chi connectivity index (χ3v) is 6.35. The molecule has 2 aliphatic rings. The Labute approximate surface area is 162 Å². The molecule has 0 aromatic heterocycles. The zero-order valence-electron chi connectivity index (χ0n) is 13.8. The molecule has 1 aromatic carbocycles. The first kappa shape index (κ1) is 19.8. The molecule has 0 saturated heterocycles. The first-order valence-corrected chi connectivity index (χ1v) is 9.81. The zero-order valence-corrected chi connectivity index (χ0v) is 17.0. The van der Waals surface area contributed by atoms with Crippen molar-refractivity contribution in [2.75, 3.05) is 12.9 Å². The quantitative estimate of drug-likeness (QED) is 0.522. The summed E-state index contributed by atoms with van der Waals surface area (Å²) >= 11 is 5.01. The van der Waals surface area contributed by atoms with Gasteiger partial charge >= 0.3 is 0 Å². The summed E-state index contributed by atoms with van der Waals surface area (Å²) in [5.41, 5.74) is 10.0. The van der Waals surface area contributed by atoms with Crippen LogP contribution in [-0.4, -0.2) is 24.1 Å². The summed E-state index contributed by atoms with van der Waals surface area (Å²) in [5, 5.41) is 7.61. The summed E-state index contributed by atoms with van der Waals surface area (Å²) in [4.78, 5) is 0. The number of nitrogens with two attached hydrogens (primary N) is 1. The lowest BCUT2D eigenvalue weighted by molar-refractivity contribution is 0.0447. The van der Waals surface area contributed by atoms with Crippen molar-refractivity contribution in [1.29, 1.82) is 5.41 Å². The van der Waals surface area contributed by atoms with Crippen molar-refractivity contribution in [2.45, 2.75) is 38.2 Å². The highest BCUT2D eigenvalue weighted by Crippen LogP contribution is 2.55.